The Balaban J connectivity index is 1.87. The van der Waals surface area contributed by atoms with Crippen molar-refractivity contribution in [1.82, 2.24) is 5.32 Å². The molecule has 0 spiro atoms. The number of carbonyl (C=O) groups is 1. The summed E-state index contributed by atoms with van der Waals surface area (Å²) in [5, 5.41) is 17.9. The zero-order chi connectivity index (χ0) is 15.9. The third-order valence-electron chi connectivity index (χ3n) is 2.51. The topological polar surface area (TPSA) is 84.3 Å². The van der Waals surface area contributed by atoms with Gasteiger partial charge in [-0.2, -0.15) is 0 Å². The van der Waals surface area contributed by atoms with E-state index in [2.05, 4.69) is 10.6 Å². The number of anilines is 1. The molecule has 1 aromatic carbocycles. The highest BCUT2D eigenvalue weighted by Crippen LogP contribution is 2.15. The van der Waals surface area contributed by atoms with Crippen LogP contribution < -0.4 is 10.6 Å². The molecular weight excluding hydrogens is 322 g/mol. The molecule has 0 bridgehead atoms. The van der Waals surface area contributed by atoms with Gasteiger partial charge in [-0.15, -0.1) is 11.3 Å². The lowest BCUT2D eigenvalue weighted by Crippen LogP contribution is -2.32. The van der Waals surface area contributed by atoms with Gasteiger partial charge in [-0.25, -0.2) is 0 Å². The number of thiophene rings is 1. The van der Waals surface area contributed by atoms with Crippen LogP contribution in [0.25, 0.3) is 6.08 Å². The molecule has 1 heterocycles. The SMILES string of the molecule is O=C(/C=C/c1cccs1)NC(=S)Nc1ccc([N+](=O)[O-])cc1. The lowest BCUT2D eigenvalue weighted by atomic mass is 10.3. The van der Waals surface area contributed by atoms with Gasteiger partial charge < -0.3 is 5.32 Å². The van der Waals surface area contributed by atoms with Gasteiger partial charge in [-0.3, -0.25) is 20.2 Å². The Kier molecular flexibility index (Phi) is 5.34. The van der Waals surface area contributed by atoms with Crippen molar-refractivity contribution < 1.29 is 9.72 Å². The van der Waals surface area contributed by atoms with Gasteiger partial charge in [-0.1, -0.05) is 6.07 Å². The number of nitro benzene ring substituents is 1. The van der Waals surface area contributed by atoms with Crippen LogP contribution in [0, 0.1) is 10.1 Å². The molecule has 0 aliphatic carbocycles. The number of rotatable bonds is 4. The standard InChI is InChI=1S/C14H11N3O3S2/c18-13(8-7-12-2-1-9-22-12)16-14(21)15-10-3-5-11(6-4-10)17(19)20/h1-9H,(H2,15,16,18,21)/b8-7+. The molecule has 2 aromatic rings. The van der Waals surface area contributed by atoms with Crippen LogP contribution in [0.3, 0.4) is 0 Å². The second-order valence-electron chi connectivity index (χ2n) is 4.10. The number of hydrogen-bond donors (Lipinski definition) is 2. The number of nitrogens with zero attached hydrogens (tertiary/aromatic N) is 1. The van der Waals surface area contributed by atoms with E-state index in [1.807, 2.05) is 17.5 Å². The Bertz CT molecular complexity index is 709. The molecule has 2 rings (SSSR count). The first-order chi connectivity index (χ1) is 10.5. The minimum atomic E-state index is -0.487. The zero-order valence-electron chi connectivity index (χ0n) is 11.2. The molecule has 0 unspecified atom stereocenters. The maximum absolute atomic E-state index is 11.7. The molecular formula is C14H11N3O3S2. The Morgan fingerprint density at radius 2 is 2.00 bits per heavy atom. The maximum atomic E-state index is 11.7. The fraction of sp³-hybridized carbons (Fsp3) is 0. The van der Waals surface area contributed by atoms with E-state index in [0.717, 1.165) is 4.88 Å². The number of hydrogen-bond acceptors (Lipinski definition) is 5. The summed E-state index contributed by atoms with van der Waals surface area (Å²) in [6.45, 7) is 0. The monoisotopic (exact) mass is 333 g/mol. The van der Waals surface area contributed by atoms with Crippen LogP contribution >= 0.6 is 23.6 Å². The van der Waals surface area contributed by atoms with Gasteiger partial charge in [0.15, 0.2) is 5.11 Å². The van der Waals surface area contributed by atoms with Crippen LogP contribution in [0.1, 0.15) is 4.88 Å². The van der Waals surface area contributed by atoms with Gasteiger partial charge in [0.05, 0.1) is 4.92 Å². The predicted molar refractivity (Wildman–Crippen MR) is 90.8 cm³/mol. The minimum Gasteiger partial charge on any atom is -0.332 e. The number of amides is 1. The third-order valence-corrected chi connectivity index (χ3v) is 3.56. The average Bonchev–Trinajstić information content (AvgIpc) is 2.99. The molecule has 0 radical (unpaired) electrons. The lowest BCUT2D eigenvalue weighted by molar-refractivity contribution is -0.384. The smallest absolute Gasteiger partial charge is 0.269 e. The fourth-order valence-corrected chi connectivity index (χ4v) is 2.36. The highest BCUT2D eigenvalue weighted by Gasteiger charge is 2.05. The highest BCUT2D eigenvalue weighted by molar-refractivity contribution is 7.80. The molecule has 1 aromatic heterocycles. The molecule has 0 aliphatic heterocycles. The summed E-state index contributed by atoms with van der Waals surface area (Å²) in [7, 11) is 0. The van der Waals surface area contributed by atoms with Crippen LogP contribution in [0.5, 0.6) is 0 Å². The van der Waals surface area contributed by atoms with E-state index in [1.165, 1.54) is 41.7 Å². The number of nitro groups is 1. The van der Waals surface area contributed by atoms with Gasteiger partial charge in [0.1, 0.15) is 0 Å². The first kappa shape index (κ1) is 15.8. The van der Waals surface area contributed by atoms with Crippen molar-refractivity contribution in [3.8, 4) is 0 Å². The van der Waals surface area contributed by atoms with Crippen LogP contribution in [0.2, 0.25) is 0 Å². The Hall–Kier alpha value is -2.58. The zero-order valence-corrected chi connectivity index (χ0v) is 12.8. The van der Waals surface area contributed by atoms with E-state index in [-0.39, 0.29) is 16.7 Å². The third kappa shape index (κ3) is 4.76. The molecule has 0 fully saturated rings. The van der Waals surface area contributed by atoms with Crippen molar-refractivity contribution in [2.45, 2.75) is 0 Å². The van der Waals surface area contributed by atoms with E-state index in [4.69, 9.17) is 12.2 Å². The summed E-state index contributed by atoms with van der Waals surface area (Å²) in [5.41, 5.74) is 0.539. The van der Waals surface area contributed by atoms with Crippen LogP contribution in [0.4, 0.5) is 11.4 Å². The maximum Gasteiger partial charge on any atom is 0.269 e. The molecule has 0 aliphatic rings. The second-order valence-corrected chi connectivity index (χ2v) is 5.48. The summed E-state index contributed by atoms with van der Waals surface area (Å²) in [4.78, 5) is 22.7. The first-order valence-electron chi connectivity index (χ1n) is 6.12. The number of nitrogens with one attached hydrogen (secondary N) is 2. The number of benzene rings is 1. The summed E-state index contributed by atoms with van der Waals surface area (Å²) in [5.74, 6) is -0.354. The molecule has 0 saturated carbocycles. The Labute approximate surface area is 135 Å². The van der Waals surface area contributed by atoms with Crippen molar-refractivity contribution in [2.75, 3.05) is 5.32 Å². The van der Waals surface area contributed by atoms with E-state index in [9.17, 15) is 14.9 Å². The molecule has 112 valence electrons. The van der Waals surface area contributed by atoms with Crippen LogP contribution in [0.15, 0.2) is 47.9 Å². The normalized spacial score (nSPS) is 10.4. The predicted octanol–water partition coefficient (Wildman–Crippen LogP) is 3.18. The van der Waals surface area contributed by atoms with Gasteiger partial charge in [0.2, 0.25) is 5.91 Å². The molecule has 1 amide bonds. The number of thiocarbonyl (C=S) groups is 1. The van der Waals surface area contributed by atoms with E-state index in [1.54, 1.807) is 6.08 Å². The van der Waals surface area contributed by atoms with Crippen molar-refractivity contribution >= 4 is 52.0 Å². The summed E-state index contributed by atoms with van der Waals surface area (Å²) in [6, 6.07) is 9.51. The molecule has 0 saturated heterocycles. The first-order valence-corrected chi connectivity index (χ1v) is 7.41. The number of non-ortho nitro benzene ring substituents is 1. The summed E-state index contributed by atoms with van der Waals surface area (Å²) >= 11 is 6.52. The van der Waals surface area contributed by atoms with Crippen molar-refractivity contribution in [1.29, 1.82) is 0 Å². The van der Waals surface area contributed by atoms with Gasteiger partial charge in [-0.05, 0) is 41.9 Å². The van der Waals surface area contributed by atoms with Crippen molar-refractivity contribution in [3.63, 3.8) is 0 Å². The van der Waals surface area contributed by atoms with Crippen molar-refractivity contribution in [2.24, 2.45) is 0 Å². The summed E-state index contributed by atoms with van der Waals surface area (Å²) in [6.07, 6.45) is 3.07. The molecule has 6 nitrogen and oxygen atoms in total. The fourth-order valence-electron chi connectivity index (χ4n) is 1.53. The highest BCUT2D eigenvalue weighted by atomic mass is 32.1. The Morgan fingerprint density at radius 3 is 2.59 bits per heavy atom. The van der Waals surface area contributed by atoms with E-state index < -0.39 is 4.92 Å². The van der Waals surface area contributed by atoms with Gasteiger partial charge in [0, 0.05) is 28.8 Å². The molecule has 0 atom stereocenters. The Morgan fingerprint density at radius 1 is 1.27 bits per heavy atom. The quantitative estimate of drug-likeness (QED) is 0.388. The average molecular weight is 333 g/mol. The lowest BCUT2D eigenvalue weighted by Gasteiger charge is -2.07. The van der Waals surface area contributed by atoms with Gasteiger partial charge in [0.25, 0.3) is 5.69 Å². The van der Waals surface area contributed by atoms with E-state index in [0.29, 0.717) is 5.69 Å². The van der Waals surface area contributed by atoms with E-state index >= 15 is 0 Å². The molecule has 8 heteroatoms. The van der Waals surface area contributed by atoms with Crippen LogP contribution in [-0.4, -0.2) is 15.9 Å². The summed E-state index contributed by atoms with van der Waals surface area (Å²) < 4.78 is 0. The molecule has 22 heavy (non-hydrogen) atoms. The van der Waals surface area contributed by atoms with Crippen molar-refractivity contribution in [3.05, 3.63) is 62.8 Å². The molecule has 2 N–H and O–H groups in total. The number of carbonyl (C=O) groups excluding carboxylic acids is 1. The largest absolute Gasteiger partial charge is 0.332 e. The minimum absolute atomic E-state index is 0.0145. The second kappa shape index (κ2) is 7.43. The van der Waals surface area contributed by atoms with Crippen LogP contribution in [-0.2, 0) is 4.79 Å². The van der Waals surface area contributed by atoms with Gasteiger partial charge >= 0.3 is 0 Å².